The van der Waals surface area contributed by atoms with Crippen LogP contribution in [-0.2, 0) is 4.74 Å². The molecule has 2 N–H and O–H groups in total. The summed E-state index contributed by atoms with van der Waals surface area (Å²) in [5, 5.41) is 16.4. The van der Waals surface area contributed by atoms with Crippen molar-refractivity contribution in [2.24, 2.45) is 5.92 Å². The summed E-state index contributed by atoms with van der Waals surface area (Å²) in [6, 6.07) is 1.81. The van der Waals surface area contributed by atoms with Crippen LogP contribution in [0, 0.1) is 11.7 Å². The molecule has 1 atom stereocenters. The van der Waals surface area contributed by atoms with Crippen LogP contribution in [0.1, 0.15) is 12.8 Å². The second-order valence-corrected chi connectivity index (χ2v) is 6.20. The first-order chi connectivity index (χ1) is 10.7. The predicted octanol–water partition coefficient (Wildman–Crippen LogP) is 2.54. The topological polar surface area (TPSA) is 67.3 Å². The highest BCUT2D eigenvalue weighted by Gasteiger charge is 2.21. The lowest BCUT2D eigenvalue weighted by molar-refractivity contribution is 0.0385. The van der Waals surface area contributed by atoms with Crippen LogP contribution in [0.2, 0.25) is 0 Å². The number of ether oxygens (including phenoxy) is 1. The van der Waals surface area contributed by atoms with E-state index in [0.717, 1.165) is 11.8 Å². The zero-order valence-corrected chi connectivity index (χ0v) is 12.9. The number of rotatable bonds is 8. The summed E-state index contributed by atoms with van der Waals surface area (Å²) in [5.74, 6) is 0.509. The van der Waals surface area contributed by atoms with Crippen molar-refractivity contribution in [2.75, 3.05) is 25.1 Å². The number of thiophene rings is 1. The molecule has 7 heteroatoms. The van der Waals surface area contributed by atoms with Crippen LogP contribution in [0.5, 0.6) is 0 Å². The second kappa shape index (κ2) is 7.13. The van der Waals surface area contributed by atoms with E-state index in [2.05, 4.69) is 15.3 Å². The highest BCUT2D eigenvalue weighted by atomic mass is 32.1. The summed E-state index contributed by atoms with van der Waals surface area (Å²) in [6.45, 7) is 1.26. The molecular formula is C15H18FN3O2S. The number of nitrogens with zero attached hydrogens (tertiary/aromatic N) is 2. The zero-order valence-electron chi connectivity index (χ0n) is 12.0. The number of hydrogen-bond acceptors (Lipinski definition) is 6. The Bertz CT molecular complexity index is 605. The molecule has 0 amide bonds. The first-order valence-corrected chi connectivity index (χ1v) is 8.21. The van der Waals surface area contributed by atoms with Gasteiger partial charge in [0.15, 0.2) is 5.82 Å². The fourth-order valence-electron chi connectivity index (χ4n) is 1.98. The standard InChI is InChI=1S/C15H18FN3O2S/c16-13-6-18-15(19-14(13)11-3-4-22-9-11)17-5-12(20)8-21-7-10-1-2-10/h3-4,6,9-10,12,20H,1-2,5,7-8H2,(H,17,18,19)/t12-/m0/s1. The van der Waals surface area contributed by atoms with Gasteiger partial charge < -0.3 is 15.2 Å². The van der Waals surface area contributed by atoms with Crippen LogP contribution in [0.25, 0.3) is 11.3 Å². The van der Waals surface area contributed by atoms with E-state index in [1.165, 1.54) is 24.2 Å². The molecular weight excluding hydrogens is 305 g/mol. The number of anilines is 1. The molecule has 1 aliphatic rings. The summed E-state index contributed by atoms with van der Waals surface area (Å²) in [4.78, 5) is 8.06. The Kier molecular flexibility index (Phi) is 4.97. The maximum atomic E-state index is 13.8. The number of aliphatic hydroxyl groups is 1. The summed E-state index contributed by atoms with van der Waals surface area (Å²) in [5.41, 5.74) is 0.986. The fourth-order valence-corrected chi connectivity index (χ4v) is 2.62. The number of halogens is 1. The molecule has 3 rings (SSSR count). The maximum Gasteiger partial charge on any atom is 0.223 e. The van der Waals surface area contributed by atoms with E-state index in [9.17, 15) is 9.50 Å². The van der Waals surface area contributed by atoms with E-state index in [0.29, 0.717) is 18.5 Å². The van der Waals surface area contributed by atoms with Crippen molar-refractivity contribution in [1.82, 2.24) is 9.97 Å². The first-order valence-electron chi connectivity index (χ1n) is 7.27. The molecule has 1 aliphatic carbocycles. The minimum Gasteiger partial charge on any atom is -0.389 e. The zero-order chi connectivity index (χ0) is 15.4. The highest BCUT2D eigenvalue weighted by molar-refractivity contribution is 7.08. The summed E-state index contributed by atoms with van der Waals surface area (Å²) in [7, 11) is 0. The number of aromatic nitrogens is 2. The minimum absolute atomic E-state index is 0.262. The van der Waals surface area contributed by atoms with Crippen molar-refractivity contribution >= 4 is 17.3 Å². The van der Waals surface area contributed by atoms with Gasteiger partial charge in [-0.1, -0.05) is 0 Å². The highest BCUT2D eigenvalue weighted by Crippen LogP contribution is 2.28. The molecule has 1 fully saturated rings. The van der Waals surface area contributed by atoms with E-state index in [1.807, 2.05) is 10.8 Å². The average Bonchev–Trinajstić information content (AvgIpc) is 3.18. The van der Waals surface area contributed by atoms with Gasteiger partial charge >= 0.3 is 0 Å². The summed E-state index contributed by atoms with van der Waals surface area (Å²) < 4.78 is 19.2. The molecule has 2 aromatic heterocycles. The molecule has 2 aromatic rings. The molecule has 0 spiro atoms. The Morgan fingerprint density at radius 3 is 3.09 bits per heavy atom. The molecule has 0 aliphatic heterocycles. The van der Waals surface area contributed by atoms with E-state index < -0.39 is 11.9 Å². The molecule has 0 saturated heterocycles. The first kappa shape index (κ1) is 15.3. The minimum atomic E-state index is -0.642. The quantitative estimate of drug-likeness (QED) is 0.781. The van der Waals surface area contributed by atoms with E-state index in [-0.39, 0.29) is 18.8 Å². The lowest BCUT2D eigenvalue weighted by Gasteiger charge is -2.12. The Hall–Kier alpha value is -1.57. The maximum absolute atomic E-state index is 13.8. The van der Waals surface area contributed by atoms with Crippen molar-refractivity contribution in [2.45, 2.75) is 18.9 Å². The molecule has 1 saturated carbocycles. The van der Waals surface area contributed by atoms with Crippen LogP contribution >= 0.6 is 11.3 Å². The molecule has 2 heterocycles. The Labute approximate surface area is 132 Å². The van der Waals surface area contributed by atoms with Crippen molar-refractivity contribution < 1.29 is 14.2 Å². The molecule has 22 heavy (non-hydrogen) atoms. The van der Waals surface area contributed by atoms with Gasteiger partial charge in [0.05, 0.1) is 18.9 Å². The molecule has 0 unspecified atom stereocenters. The largest absolute Gasteiger partial charge is 0.389 e. The third kappa shape index (κ3) is 4.22. The normalized spacial score (nSPS) is 15.7. The fraction of sp³-hybridized carbons (Fsp3) is 0.467. The third-order valence-electron chi connectivity index (χ3n) is 3.40. The molecule has 0 radical (unpaired) electrons. The van der Waals surface area contributed by atoms with Crippen LogP contribution in [-0.4, -0.2) is 40.9 Å². The van der Waals surface area contributed by atoms with E-state index in [4.69, 9.17) is 4.74 Å². The van der Waals surface area contributed by atoms with Crippen LogP contribution in [0.15, 0.2) is 23.0 Å². The number of hydrogen-bond donors (Lipinski definition) is 2. The molecule has 5 nitrogen and oxygen atoms in total. The molecule has 0 bridgehead atoms. The number of aliphatic hydroxyl groups excluding tert-OH is 1. The van der Waals surface area contributed by atoms with Gasteiger partial charge in [0.2, 0.25) is 5.95 Å². The van der Waals surface area contributed by atoms with E-state index >= 15 is 0 Å². The average molecular weight is 323 g/mol. The van der Waals surface area contributed by atoms with Gasteiger partial charge in [0.25, 0.3) is 0 Å². The van der Waals surface area contributed by atoms with Gasteiger partial charge in [-0.25, -0.2) is 14.4 Å². The predicted molar refractivity (Wildman–Crippen MR) is 83.3 cm³/mol. The van der Waals surface area contributed by atoms with Crippen molar-refractivity contribution in [3.8, 4) is 11.3 Å². The summed E-state index contributed by atoms with van der Waals surface area (Å²) >= 11 is 1.48. The van der Waals surface area contributed by atoms with Gasteiger partial charge in [0.1, 0.15) is 5.69 Å². The van der Waals surface area contributed by atoms with Gasteiger partial charge in [-0.3, -0.25) is 0 Å². The van der Waals surface area contributed by atoms with E-state index in [1.54, 1.807) is 6.07 Å². The monoisotopic (exact) mass is 323 g/mol. The van der Waals surface area contributed by atoms with Crippen LogP contribution in [0.3, 0.4) is 0 Å². The van der Waals surface area contributed by atoms with Gasteiger partial charge in [-0.15, -0.1) is 0 Å². The number of nitrogens with one attached hydrogen (secondary N) is 1. The van der Waals surface area contributed by atoms with Crippen molar-refractivity contribution in [3.63, 3.8) is 0 Å². The van der Waals surface area contributed by atoms with Crippen molar-refractivity contribution in [3.05, 3.63) is 28.8 Å². The van der Waals surface area contributed by atoms with Crippen molar-refractivity contribution in [1.29, 1.82) is 0 Å². The van der Waals surface area contributed by atoms with Crippen LogP contribution < -0.4 is 5.32 Å². The third-order valence-corrected chi connectivity index (χ3v) is 4.08. The summed E-state index contributed by atoms with van der Waals surface area (Å²) in [6.07, 6.45) is 2.95. The van der Waals surface area contributed by atoms with Gasteiger partial charge in [-0.2, -0.15) is 11.3 Å². The smallest absolute Gasteiger partial charge is 0.223 e. The Balaban J connectivity index is 1.52. The van der Waals surface area contributed by atoms with Crippen LogP contribution in [0.4, 0.5) is 10.3 Å². The molecule has 118 valence electrons. The lowest BCUT2D eigenvalue weighted by Crippen LogP contribution is -2.26. The Morgan fingerprint density at radius 1 is 1.50 bits per heavy atom. The Morgan fingerprint density at radius 2 is 2.36 bits per heavy atom. The molecule has 0 aromatic carbocycles. The SMILES string of the molecule is O[C@@H](CNc1ncc(F)c(-c2ccsc2)n1)COCC1CC1. The van der Waals surface area contributed by atoms with Gasteiger partial charge in [0, 0.05) is 24.1 Å². The van der Waals surface area contributed by atoms with Gasteiger partial charge in [-0.05, 0) is 30.2 Å². The second-order valence-electron chi connectivity index (χ2n) is 5.42. The lowest BCUT2D eigenvalue weighted by atomic mass is 10.2.